The molecule has 0 fully saturated rings. The number of hydrogen-bond acceptors (Lipinski definition) is 4. The maximum absolute atomic E-state index is 9.39. The molecule has 0 spiro atoms. The molecule has 0 aliphatic rings. The van der Waals surface area contributed by atoms with E-state index in [0.717, 1.165) is 11.0 Å². The highest BCUT2D eigenvalue weighted by Crippen LogP contribution is 2.20. The fourth-order valence-electron chi connectivity index (χ4n) is 1.97. The van der Waals surface area contributed by atoms with E-state index < -0.39 is 0 Å². The fraction of sp³-hybridized carbons (Fsp3) is 0.214. The Labute approximate surface area is 115 Å². The second-order valence-corrected chi connectivity index (χ2v) is 4.84. The molecule has 102 valence electrons. The van der Waals surface area contributed by atoms with Crippen LogP contribution in [0.15, 0.2) is 17.1 Å². The SMILES string of the molecule is Cc1cc2nc(N=Cc3nc(O)c(C)[nH]3)[nH]c2cc1C. The van der Waals surface area contributed by atoms with Crippen molar-refractivity contribution in [2.24, 2.45) is 4.99 Å². The van der Waals surface area contributed by atoms with Gasteiger partial charge in [-0.15, -0.1) is 0 Å². The van der Waals surface area contributed by atoms with E-state index in [-0.39, 0.29) is 5.88 Å². The molecule has 2 aromatic heterocycles. The van der Waals surface area contributed by atoms with Gasteiger partial charge in [-0.25, -0.2) is 9.98 Å². The van der Waals surface area contributed by atoms with Crippen molar-refractivity contribution in [2.45, 2.75) is 20.8 Å². The van der Waals surface area contributed by atoms with E-state index in [1.165, 1.54) is 17.3 Å². The Hall–Kier alpha value is -2.63. The monoisotopic (exact) mass is 269 g/mol. The first kappa shape index (κ1) is 12.4. The summed E-state index contributed by atoms with van der Waals surface area (Å²) in [4.78, 5) is 18.6. The van der Waals surface area contributed by atoms with Gasteiger partial charge in [-0.3, -0.25) is 0 Å². The quantitative estimate of drug-likeness (QED) is 0.625. The highest BCUT2D eigenvalue weighted by Gasteiger charge is 2.05. The molecule has 0 bridgehead atoms. The lowest BCUT2D eigenvalue weighted by atomic mass is 10.1. The van der Waals surface area contributed by atoms with Crippen LogP contribution in [0.5, 0.6) is 5.88 Å². The van der Waals surface area contributed by atoms with Crippen LogP contribution in [0.3, 0.4) is 0 Å². The van der Waals surface area contributed by atoms with Crippen molar-refractivity contribution in [3.63, 3.8) is 0 Å². The predicted molar refractivity (Wildman–Crippen MR) is 77.8 cm³/mol. The van der Waals surface area contributed by atoms with Gasteiger partial charge in [0.15, 0.2) is 5.82 Å². The van der Waals surface area contributed by atoms with E-state index >= 15 is 0 Å². The third kappa shape index (κ3) is 2.16. The summed E-state index contributed by atoms with van der Waals surface area (Å²) in [7, 11) is 0. The second kappa shape index (κ2) is 4.48. The van der Waals surface area contributed by atoms with Gasteiger partial charge in [-0.1, -0.05) is 0 Å². The molecule has 0 radical (unpaired) electrons. The molecule has 20 heavy (non-hydrogen) atoms. The smallest absolute Gasteiger partial charge is 0.232 e. The fourth-order valence-corrected chi connectivity index (χ4v) is 1.97. The van der Waals surface area contributed by atoms with E-state index in [9.17, 15) is 5.11 Å². The minimum absolute atomic E-state index is 0.0118. The van der Waals surface area contributed by atoms with Gasteiger partial charge in [0.1, 0.15) is 0 Å². The van der Waals surface area contributed by atoms with Crippen molar-refractivity contribution < 1.29 is 5.11 Å². The second-order valence-electron chi connectivity index (χ2n) is 4.84. The van der Waals surface area contributed by atoms with Crippen molar-refractivity contribution in [3.05, 3.63) is 34.8 Å². The van der Waals surface area contributed by atoms with E-state index in [0.29, 0.717) is 17.5 Å². The summed E-state index contributed by atoms with van der Waals surface area (Å²) >= 11 is 0. The number of aliphatic imine (C=N–C) groups is 1. The van der Waals surface area contributed by atoms with Gasteiger partial charge in [0.05, 0.1) is 22.9 Å². The number of benzene rings is 1. The van der Waals surface area contributed by atoms with Gasteiger partial charge >= 0.3 is 0 Å². The summed E-state index contributed by atoms with van der Waals surface area (Å²) in [5.41, 5.74) is 4.87. The number of aromatic amines is 2. The largest absolute Gasteiger partial charge is 0.492 e. The Balaban J connectivity index is 1.94. The van der Waals surface area contributed by atoms with Crippen molar-refractivity contribution >= 4 is 23.2 Å². The highest BCUT2D eigenvalue weighted by atomic mass is 16.3. The molecule has 0 unspecified atom stereocenters. The first-order valence-corrected chi connectivity index (χ1v) is 6.29. The Morgan fingerprint density at radius 3 is 2.55 bits per heavy atom. The summed E-state index contributed by atoms with van der Waals surface area (Å²) in [5.74, 6) is 0.994. The molecule has 0 aliphatic heterocycles. The molecule has 6 heteroatoms. The summed E-state index contributed by atoms with van der Waals surface area (Å²) in [6, 6.07) is 4.09. The average Bonchev–Trinajstić information content (AvgIpc) is 2.92. The highest BCUT2D eigenvalue weighted by molar-refractivity contribution is 5.81. The van der Waals surface area contributed by atoms with Gasteiger partial charge in [0, 0.05) is 0 Å². The lowest BCUT2D eigenvalue weighted by Crippen LogP contribution is -1.83. The number of hydrogen-bond donors (Lipinski definition) is 3. The minimum Gasteiger partial charge on any atom is -0.492 e. The summed E-state index contributed by atoms with van der Waals surface area (Å²) < 4.78 is 0. The van der Waals surface area contributed by atoms with Crippen LogP contribution in [0.2, 0.25) is 0 Å². The number of aromatic nitrogens is 4. The van der Waals surface area contributed by atoms with Crippen molar-refractivity contribution in [2.75, 3.05) is 0 Å². The number of fused-ring (bicyclic) bond motifs is 1. The first-order valence-electron chi connectivity index (χ1n) is 6.29. The molecule has 3 aromatic rings. The van der Waals surface area contributed by atoms with E-state index in [2.05, 4.69) is 44.8 Å². The average molecular weight is 269 g/mol. The summed E-state index contributed by atoms with van der Waals surface area (Å²) in [6.45, 7) is 5.86. The van der Waals surface area contributed by atoms with Crippen LogP contribution in [0.1, 0.15) is 22.6 Å². The van der Waals surface area contributed by atoms with Gasteiger partial charge < -0.3 is 15.1 Å². The Bertz CT molecular complexity index is 754. The predicted octanol–water partition coefficient (Wildman–Crippen LogP) is 2.67. The molecule has 0 atom stereocenters. The van der Waals surface area contributed by atoms with Crippen LogP contribution in [0.4, 0.5) is 5.95 Å². The molecular weight excluding hydrogens is 254 g/mol. The maximum Gasteiger partial charge on any atom is 0.232 e. The van der Waals surface area contributed by atoms with Gasteiger partial charge in [-0.05, 0) is 44.0 Å². The van der Waals surface area contributed by atoms with E-state index in [1.54, 1.807) is 6.92 Å². The molecule has 3 N–H and O–H groups in total. The molecule has 0 saturated heterocycles. The lowest BCUT2D eigenvalue weighted by molar-refractivity contribution is 0.452. The molecule has 2 heterocycles. The number of rotatable bonds is 2. The normalized spacial score (nSPS) is 11.8. The number of nitrogens with one attached hydrogen (secondary N) is 2. The number of aryl methyl sites for hydroxylation is 3. The molecule has 0 saturated carbocycles. The van der Waals surface area contributed by atoms with Crippen LogP contribution in [-0.4, -0.2) is 31.3 Å². The minimum atomic E-state index is -0.0118. The van der Waals surface area contributed by atoms with Gasteiger partial charge in [0.2, 0.25) is 11.8 Å². The number of aromatic hydroxyl groups is 1. The maximum atomic E-state index is 9.39. The zero-order valence-corrected chi connectivity index (χ0v) is 11.5. The van der Waals surface area contributed by atoms with Crippen LogP contribution in [-0.2, 0) is 0 Å². The summed E-state index contributed by atoms with van der Waals surface area (Å²) in [6.07, 6.45) is 1.53. The van der Waals surface area contributed by atoms with Gasteiger partial charge in [0.25, 0.3) is 0 Å². The topological polar surface area (TPSA) is 89.9 Å². The molecule has 6 nitrogen and oxygen atoms in total. The molecule has 1 aromatic carbocycles. The van der Waals surface area contributed by atoms with Crippen LogP contribution >= 0.6 is 0 Å². The molecule has 3 rings (SSSR count). The Morgan fingerprint density at radius 1 is 1.10 bits per heavy atom. The zero-order chi connectivity index (χ0) is 14.3. The third-order valence-electron chi connectivity index (χ3n) is 3.27. The standard InChI is InChI=1S/C14H15N5O/c1-7-4-10-11(5-8(7)2)18-14(17-10)15-6-12-16-9(3)13(20)19-12/h4-6,20H,1-3H3,(H,16,19)(H,17,18). The van der Waals surface area contributed by atoms with Crippen LogP contribution < -0.4 is 0 Å². The Morgan fingerprint density at radius 2 is 1.85 bits per heavy atom. The molecule has 0 aliphatic carbocycles. The summed E-state index contributed by atoms with van der Waals surface area (Å²) in [5, 5.41) is 9.39. The lowest BCUT2D eigenvalue weighted by Gasteiger charge is -1.97. The van der Waals surface area contributed by atoms with Crippen molar-refractivity contribution in [1.29, 1.82) is 0 Å². The van der Waals surface area contributed by atoms with E-state index in [1.807, 2.05) is 6.07 Å². The van der Waals surface area contributed by atoms with Gasteiger partial charge in [-0.2, -0.15) is 4.98 Å². The van der Waals surface area contributed by atoms with Crippen LogP contribution in [0, 0.1) is 20.8 Å². The number of nitrogens with zero attached hydrogens (tertiary/aromatic N) is 3. The number of imidazole rings is 2. The van der Waals surface area contributed by atoms with Crippen molar-refractivity contribution in [1.82, 2.24) is 19.9 Å². The number of H-pyrrole nitrogens is 2. The first-order chi connectivity index (χ1) is 9.52. The van der Waals surface area contributed by atoms with Crippen LogP contribution in [0.25, 0.3) is 11.0 Å². The Kier molecular flexibility index (Phi) is 2.78. The van der Waals surface area contributed by atoms with E-state index in [4.69, 9.17) is 0 Å². The zero-order valence-electron chi connectivity index (χ0n) is 11.5. The molecule has 0 amide bonds. The third-order valence-corrected chi connectivity index (χ3v) is 3.27. The van der Waals surface area contributed by atoms with Crippen molar-refractivity contribution in [3.8, 4) is 5.88 Å². The molecular formula is C14H15N5O.